The fourth-order valence-electron chi connectivity index (χ4n) is 2.83. The van der Waals surface area contributed by atoms with Gasteiger partial charge in [-0.3, -0.25) is 4.79 Å². The number of nitrogens with one attached hydrogen (secondary N) is 2. The summed E-state index contributed by atoms with van der Waals surface area (Å²) in [5.74, 6) is 0.808. The number of hydrogen-bond acceptors (Lipinski definition) is 3. The molecule has 22 heavy (non-hydrogen) atoms. The maximum absolute atomic E-state index is 12.2. The molecule has 0 spiro atoms. The van der Waals surface area contributed by atoms with Gasteiger partial charge in [0.2, 0.25) is 5.91 Å². The minimum Gasteiger partial charge on any atom is -0.435 e. The minimum atomic E-state index is -2.87. The SMILES string of the molecule is CC(CC(=O)Nc1cccc(OC(F)F)c1)C1CCNCC1. The highest BCUT2D eigenvalue weighted by Crippen LogP contribution is 2.25. The number of carbonyl (C=O) groups is 1. The van der Waals surface area contributed by atoms with Crippen LogP contribution in [0.4, 0.5) is 14.5 Å². The normalized spacial score (nSPS) is 17.3. The number of hydrogen-bond donors (Lipinski definition) is 2. The molecule has 0 aliphatic carbocycles. The third kappa shape index (κ3) is 5.26. The molecule has 122 valence electrons. The zero-order chi connectivity index (χ0) is 15.9. The van der Waals surface area contributed by atoms with Gasteiger partial charge < -0.3 is 15.4 Å². The Labute approximate surface area is 129 Å². The van der Waals surface area contributed by atoms with Crippen molar-refractivity contribution in [3.63, 3.8) is 0 Å². The first-order valence-electron chi connectivity index (χ1n) is 7.60. The molecule has 1 fully saturated rings. The number of anilines is 1. The van der Waals surface area contributed by atoms with Crippen molar-refractivity contribution in [2.45, 2.75) is 32.8 Å². The average molecular weight is 312 g/mol. The van der Waals surface area contributed by atoms with Crippen LogP contribution in [-0.4, -0.2) is 25.6 Å². The van der Waals surface area contributed by atoms with Gasteiger partial charge in [0.15, 0.2) is 0 Å². The van der Waals surface area contributed by atoms with E-state index in [0.717, 1.165) is 25.9 Å². The lowest BCUT2D eigenvalue weighted by Crippen LogP contribution is -2.32. The third-order valence-electron chi connectivity index (χ3n) is 4.04. The van der Waals surface area contributed by atoms with E-state index in [1.807, 2.05) is 0 Å². The van der Waals surface area contributed by atoms with Crippen molar-refractivity contribution in [1.82, 2.24) is 5.32 Å². The number of rotatable bonds is 6. The summed E-state index contributed by atoms with van der Waals surface area (Å²) in [4.78, 5) is 12.1. The van der Waals surface area contributed by atoms with E-state index in [2.05, 4.69) is 22.3 Å². The smallest absolute Gasteiger partial charge is 0.387 e. The Bertz CT molecular complexity index is 491. The molecule has 1 amide bonds. The van der Waals surface area contributed by atoms with Gasteiger partial charge in [-0.25, -0.2) is 0 Å². The van der Waals surface area contributed by atoms with Gasteiger partial charge in [0.1, 0.15) is 5.75 Å². The van der Waals surface area contributed by atoms with Gasteiger partial charge in [0, 0.05) is 18.2 Å². The number of alkyl halides is 2. The van der Waals surface area contributed by atoms with Crippen LogP contribution in [0.25, 0.3) is 0 Å². The molecular formula is C16H22F2N2O2. The minimum absolute atomic E-state index is 0.0409. The Morgan fingerprint density at radius 2 is 2.14 bits per heavy atom. The van der Waals surface area contributed by atoms with E-state index in [0.29, 0.717) is 23.9 Å². The summed E-state index contributed by atoms with van der Waals surface area (Å²) in [7, 11) is 0. The van der Waals surface area contributed by atoms with Gasteiger partial charge >= 0.3 is 6.61 Å². The second-order valence-electron chi connectivity index (χ2n) is 5.72. The summed E-state index contributed by atoms with van der Waals surface area (Å²) >= 11 is 0. The highest BCUT2D eigenvalue weighted by atomic mass is 19.3. The first-order valence-corrected chi connectivity index (χ1v) is 7.60. The number of halogens is 2. The van der Waals surface area contributed by atoms with Crippen LogP contribution in [0.1, 0.15) is 26.2 Å². The largest absolute Gasteiger partial charge is 0.435 e. The predicted octanol–water partition coefficient (Wildman–Crippen LogP) is 3.25. The van der Waals surface area contributed by atoms with Gasteiger partial charge in [-0.2, -0.15) is 8.78 Å². The van der Waals surface area contributed by atoms with Crippen molar-refractivity contribution in [1.29, 1.82) is 0 Å². The lowest BCUT2D eigenvalue weighted by atomic mass is 9.84. The summed E-state index contributed by atoms with van der Waals surface area (Å²) in [6, 6.07) is 6.06. The summed E-state index contributed by atoms with van der Waals surface area (Å²) in [5.41, 5.74) is 0.473. The van der Waals surface area contributed by atoms with Crippen molar-refractivity contribution >= 4 is 11.6 Å². The van der Waals surface area contributed by atoms with Crippen LogP contribution in [0, 0.1) is 11.8 Å². The van der Waals surface area contributed by atoms with Crippen molar-refractivity contribution in [2.24, 2.45) is 11.8 Å². The van der Waals surface area contributed by atoms with Gasteiger partial charge in [0.25, 0.3) is 0 Å². The van der Waals surface area contributed by atoms with E-state index in [1.165, 1.54) is 12.1 Å². The molecule has 1 saturated heterocycles. The van der Waals surface area contributed by atoms with E-state index in [1.54, 1.807) is 12.1 Å². The second kappa shape index (κ2) is 8.08. The molecule has 0 aromatic heterocycles. The Hall–Kier alpha value is -1.69. The Kier molecular flexibility index (Phi) is 6.12. The second-order valence-corrected chi connectivity index (χ2v) is 5.72. The molecule has 0 saturated carbocycles. The summed E-state index contributed by atoms with van der Waals surface area (Å²) in [6.07, 6.45) is 2.61. The molecular weight excluding hydrogens is 290 g/mol. The molecule has 6 heteroatoms. The Morgan fingerprint density at radius 1 is 1.41 bits per heavy atom. The number of carbonyl (C=O) groups excluding carboxylic acids is 1. The lowest BCUT2D eigenvalue weighted by Gasteiger charge is -2.27. The maximum atomic E-state index is 12.2. The van der Waals surface area contributed by atoms with Gasteiger partial charge in [-0.1, -0.05) is 13.0 Å². The molecule has 1 aromatic carbocycles. The number of piperidine rings is 1. The maximum Gasteiger partial charge on any atom is 0.387 e. The molecule has 1 aromatic rings. The molecule has 0 radical (unpaired) electrons. The quantitative estimate of drug-likeness (QED) is 0.848. The van der Waals surface area contributed by atoms with Crippen LogP contribution in [0.3, 0.4) is 0 Å². The van der Waals surface area contributed by atoms with E-state index in [4.69, 9.17) is 0 Å². The van der Waals surface area contributed by atoms with Gasteiger partial charge in [-0.05, 0) is 49.9 Å². The first-order chi connectivity index (χ1) is 10.5. The van der Waals surface area contributed by atoms with E-state index in [9.17, 15) is 13.6 Å². The topological polar surface area (TPSA) is 50.4 Å². The van der Waals surface area contributed by atoms with Crippen molar-refractivity contribution in [2.75, 3.05) is 18.4 Å². The van der Waals surface area contributed by atoms with Crippen LogP contribution >= 0.6 is 0 Å². The van der Waals surface area contributed by atoms with E-state index >= 15 is 0 Å². The van der Waals surface area contributed by atoms with Crippen molar-refractivity contribution < 1.29 is 18.3 Å². The Morgan fingerprint density at radius 3 is 2.82 bits per heavy atom. The molecule has 0 bridgehead atoms. The zero-order valence-corrected chi connectivity index (χ0v) is 12.6. The number of ether oxygens (including phenoxy) is 1. The highest BCUT2D eigenvalue weighted by Gasteiger charge is 2.22. The fraction of sp³-hybridized carbons (Fsp3) is 0.562. The van der Waals surface area contributed by atoms with Crippen LogP contribution in [0.2, 0.25) is 0 Å². The molecule has 2 rings (SSSR count). The van der Waals surface area contributed by atoms with Crippen molar-refractivity contribution in [3.05, 3.63) is 24.3 Å². The van der Waals surface area contributed by atoms with Gasteiger partial charge in [-0.15, -0.1) is 0 Å². The Balaban J connectivity index is 1.85. The number of amides is 1. The van der Waals surface area contributed by atoms with E-state index in [-0.39, 0.29) is 11.7 Å². The third-order valence-corrected chi connectivity index (χ3v) is 4.04. The zero-order valence-electron chi connectivity index (χ0n) is 12.6. The molecule has 4 nitrogen and oxygen atoms in total. The lowest BCUT2D eigenvalue weighted by molar-refractivity contribution is -0.117. The standard InChI is InChI=1S/C16H22F2N2O2/c1-11(12-5-7-19-8-6-12)9-15(21)20-13-3-2-4-14(10-13)22-16(17)18/h2-4,10-12,16,19H,5-9H2,1H3,(H,20,21). The summed E-state index contributed by atoms with van der Waals surface area (Å²) < 4.78 is 28.7. The molecule has 1 heterocycles. The monoisotopic (exact) mass is 312 g/mol. The highest BCUT2D eigenvalue weighted by molar-refractivity contribution is 5.91. The molecule has 1 aliphatic rings. The van der Waals surface area contributed by atoms with Crippen LogP contribution in [0.5, 0.6) is 5.75 Å². The molecule has 2 N–H and O–H groups in total. The predicted molar refractivity (Wildman–Crippen MR) is 81.1 cm³/mol. The molecule has 1 aliphatic heterocycles. The van der Waals surface area contributed by atoms with Crippen molar-refractivity contribution in [3.8, 4) is 5.75 Å². The fourth-order valence-corrected chi connectivity index (χ4v) is 2.83. The van der Waals surface area contributed by atoms with Gasteiger partial charge in [0.05, 0.1) is 0 Å². The first kappa shape index (κ1) is 16.7. The molecule has 1 unspecified atom stereocenters. The van der Waals surface area contributed by atoms with Crippen LogP contribution in [0.15, 0.2) is 24.3 Å². The molecule has 1 atom stereocenters. The summed E-state index contributed by atoms with van der Waals surface area (Å²) in [6.45, 7) is 1.23. The average Bonchev–Trinajstić information content (AvgIpc) is 2.47. The number of benzene rings is 1. The van der Waals surface area contributed by atoms with E-state index < -0.39 is 6.61 Å². The van der Waals surface area contributed by atoms with Crippen LogP contribution in [-0.2, 0) is 4.79 Å². The summed E-state index contributed by atoms with van der Waals surface area (Å²) in [5, 5.41) is 6.05. The van der Waals surface area contributed by atoms with Crippen LogP contribution < -0.4 is 15.4 Å².